The van der Waals surface area contributed by atoms with Crippen molar-refractivity contribution in [3.8, 4) is 10.4 Å². The van der Waals surface area contributed by atoms with Gasteiger partial charge in [0, 0.05) is 10.4 Å². The second kappa shape index (κ2) is 5.12. The van der Waals surface area contributed by atoms with Gasteiger partial charge in [0.1, 0.15) is 0 Å². The van der Waals surface area contributed by atoms with Crippen molar-refractivity contribution in [3.05, 3.63) is 41.8 Å². The van der Waals surface area contributed by atoms with E-state index in [1.807, 2.05) is 17.5 Å². The first-order valence-corrected chi connectivity index (χ1v) is 6.18. The standard InChI is InChI=1S/C12H7ClF3NS/c13-11(12(14,15)16)17-9-5-2-1-4-8(9)10-6-3-7-18-10/h1-7H. The lowest BCUT2D eigenvalue weighted by atomic mass is 10.1. The molecular formula is C12H7ClF3NS. The van der Waals surface area contributed by atoms with E-state index in [1.54, 1.807) is 18.2 Å². The molecule has 0 saturated carbocycles. The van der Waals surface area contributed by atoms with Crippen LogP contribution in [0.25, 0.3) is 10.4 Å². The van der Waals surface area contributed by atoms with Crippen LogP contribution in [0.15, 0.2) is 46.8 Å². The highest BCUT2D eigenvalue weighted by Crippen LogP contribution is 2.34. The minimum atomic E-state index is -4.62. The van der Waals surface area contributed by atoms with Crippen LogP contribution < -0.4 is 0 Å². The van der Waals surface area contributed by atoms with E-state index in [-0.39, 0.29) is 5.69 Å². The molecule has 1 aromatic heterocycles. The van der Waals surface area contributed by atoms with E-state index < -0.39 is 11.3 Å². The summed E-state index contributed by atoms with van der Waals surface area (Å²) >= 11 is 6.58. The Labute approximate surface area is 111 Å². The van der Waals surface area contributed by atoms with Crippen LogP contribution in [0.2, 0.25) is 0 Å². The minimum absolute atomic E-state index is 0.210. The van der Waals surface area contributed by atoms with E-state index in [2.05, 4.69) is 4.99 Å². The first kappa shape index (κ1) is 13.1. The molecule has 1 aromatic carbocycles. The van der Waals surface area contributed by atoms with Gasteiger partial charge in [-0.15, -0.1) is 11.3 Å². The van der Waals surface area contributed by atoms with Crippen LogP contribution in [-0.2, 0) is 0 Å². The third-order valence-corrected chi connectivity index (χ3v) is 3.35. The maximum atomic E-state index is 12.3. The second-order valence-electron chi connectivity index (χ2n) is 3.39. The fraction of sp³-hybridized carbons (Fsp3) is 0.0833. The monoisotopic (exact) mass is 289 g/mol. The van der Waals surface area contributed by atoms with Gasteiger partial charge in [-0.3, -0.25) is 0 Å². The zero-order valence-corrected chi connectivity index (χ0v) is 10.5. The van der Waals surface area contributed by atoms with Gasteiger partial charge in [-0.1, -0.05) is 35.9 Å². The van der Waals surface area contributed by atoms with Crippen LogP contribution in [0, 0.1) is 0 Å². The molecule has 0 aliphatic carbocycles. The van der Waals surface area contributed by atoms with Gasteiger partial charge in [0.15, 0.2) is 0 Å². The number of hydrogen-bond acceptors (Lipinski definition) is 2. The smallest absolute Gasteiger partial charge is 0.232 e. The van der Waals surface area contributed by atoms with E-state index in [9.17, 15) is 13.2 Å². The van der Waals surface area contributed by atoms with Crippen LogP contribution in [0.3, 0.4) is 0 Å². The summed E-state index contributed by atoms with van der Waals surface area (Å²) < 4.78 is 37.0. The summed E-state index contributed by atoms with van der Waals surface area (Å²) in [5.41, 5.74) is 0.845. The predicted molar refractivity (Wildman–Crippen MR) is 68.8 cm³/mol. The normalized spacial score (nSPS) is 12.8. The fourth-order valence-electron chi connectivity index (χ4n) is 1.38. The number of rotatable bonds is 2. The van der Waals surface area contributed by atoms with Gasteiger partial charge >= 0.3 is 6.18 Å². The van der Waals surface area contributed by atoms with Crippen molar-refractivity contribution in [3.63, 3.8) is 0 Å². The Bertz CT molecular complexity index is 561. The molecule has 0 aliphatic heterocycles. The first-order valence-electron chi connectivity index (χ1n) is 4.93. The van der Waals surface area contributed by atoms with E-state index in [4.69, 9.17) is 11.6 Å². The maximum Gasteiger partial charge on any atom is 0.444 e. The molecule has 18 heavy (non-hydrogen) atoms. The lowest BCUT2D eigenvalue weighted by Gasteiger charge is -2.06. The van der Waals surface area contributed by atoms with Gasteiger partial charge in [-0.25, -0.2) is 4.99 Å². The van der Waals surface area contributed by atoms with E-state index in [0.717, 1.165) is 4.88 Å². The van der Waals surface area contributed by atoms with Crippen molar-refractivity contribution < 1.29 is 13.2 Å². The summed E-state index contributed by atoms with van der Waals surface area (Å²) in [5.74, 6) is 0. The molecule has 0 spiro atoms. The summed E-state index contributed by atoms with van der Waals surface area (Å²) in [6, 6.07) is 10.2. The highest BCUT2D eigenvalue weighted by molar-refractivity contribution is 7.13. The molecule has 0 amide bonds. The first-order chi connectivity index (χ1) is 8.48. The zero-order valence-electron chi connectivity index (χ0n) is 8.91. The number of alkyl halides is 3. The Kier molecular flexibility index (Phi) is 3.73. The largest absolute Gasteiger partial charge is 0.444 e. The van der Waals surface area contributed by atoms with Gasteiger partial charge < -0.3 is 0 Å². The molecule has 0 N–H and O–H groups in total. The fourth-order valence-corrected chi connectivity index (χ4v) is 2.23. The number of thiophene rings is 1. The van der Waals surface area contributed by atoms with Crippen molar-refractivity contribution in [2.24, 2.45) is 4.99 Å². The van der Waals surface area contributed by atoms with E-state index >= 15 is 0 Å². The number of hydrogen-bond donors (Lipinski definition) is 0. The van der Waals surface area contributed by atoms with Crippen LogP contribution in [0.4, 0.5) is 18.9 Å². The molecule has 1 heterocycles. The van der Waals surface area contributed by atoms with Crippen molar-refractivity contribution in [1.29, 1.82) is 0 Å². The van der Waals surface area contributed by atoms with Crippen molar-refractivity contribution in [2.75, 3.05) is 0 Å². The number of aliphatic imine (C=N–C) groups is 1. The summed E-state index contributed by atoms with van der Waals surface area (Å²) in [6.07, 6.45) is -4.62. The highest BCUT2D eigenvalue weighted by atomic mass is 35.5. The molecule has 0 atom stereocenters. The second-order valence-corrected chi connectivity index (χ2v) is 4.70. The van der Waals surface area contributed by atoms with Crippen LogP contribution in [0.5, 0.6) is 0 Å². The van der Waals surface area contributed by atoms with Gasteiger partial charge in [-0.2, -0.15) is 13.2 Å². The Hall–Kier alpha value is -1.33. The average molecular weight is 290 g/mol. The van der Waals surface area contributed by atoms with Crippen LogP contribution in [-0.4, -0.2) is 11.3 Å². The zero-order chi connectivity index (χ0) is 13.2. The molecule has 6 heteroatoms. The lowest BCUT2D eigenvalue weighted by Crippen LogP contribution is -2.16. The Morgan fingerprint density at radius 1 is 1.11 bits per heavy atom. The molecule has 2 aromatic rings. The lowest BCUT2D eigenvalue weighted by molar-refractivity contribution is -0.0558. The van der Waals surface area contributed by atoms with Crippen molar-refractivity contribution in [1.82, 2.24) is 0 Å². The Morgan fingerprint density at radius 2 is 1.83 bits per heavy atom. The molecule has 0 saturated heterocycles. The molecular weight excluding hydrogens is 283 g/mol. The van der Waals surface area contributed by atoms with Crippen molar-refractivity contribution >= 4 is 33.8 Å². The van der Waals surface area contributed by atoms with Gasteiger partial charge in [0.25, 0.3) is 0 Å². The average Bonchev–Trinajstić information content (AvgIpc) is 2.82. The van der Waals surface area contributed by atoms with Gasteiger partial charge in [0.2, 0.25) is 5.17 Å². The topological polar surface area (TPSA) is 12.4 Å². The molecule has 94 valence electrons. The number of nitrogens with zero attached hydrogens (tertiary/aromatic N) is 1. The van der Waals surface area contributed by atoms with E-state index in [0.29, 0.717) is 5.56 Å². The molecule has 0 bridgehead atoms. The molecule has 2 rings (SSSR count). The molecule has 0 aliphatic rings. The van der Waals surface area contributed by atoms with Gasteiger partial charge in [0.05, 0.1) is 5.69 Å². The van der Waals surface area contributed by atoms with Crippen LogP contribution >= 0.6 is 22.9 Å². The molecule has 0 unspecified atom stereocenters. The Balaban J connectivity index is 2.47. The number of benzene rings is 1. The summed E-state index contributed by atoms with van der Waals surface area (Å²) in [4.78, 5) is 4.30. The third-order valence-electron chi connectivity index (χ3n) is 2.14. The third kappa shape index (κ3) is 2.91. The molecule has 0 radical (unpaired) electrons. The Morgan fingerprint density at radius 3 is 2.44 bits per heavy atom. The minimum Gasteiger partial charge on any atom is -0.232 e. The predicted octanol–water partition coefficient (Wildman–Crippen LogP) is 5.25. The van der Waals surface area contributed by atoms with Gasteiger partial charge in [-0.05, 0) is 17.5 Å². The number of para-hydroxylation sites is 1. The summed E-state index contributed by atoms with van der Waals surface area (Å²) in [5, 5.41) is 0.479. The van der Waals surface area contributed by atoms with Crippen molar-refractivity contribution in [2.45, 2.75) is 6.18 Å². The molecule has 0 fully saturated rings. The summed E-state index contributed by atoms with van der Waals surface area (Å²) in [7, 11) is 0. The van der Waals surface area contributed by atoms with Crippen LogP contribution in [0.1, 0.15) is 0 Å². The number of halogens is 4. The quantitative estimate of drug-likeness (QED) is 0.670. The molecule has 1 nitrogen and oxygen atoms in total. The van der Waals surface area contributed by atoms with E-state index in [1.165, 1.54) is 17.4 Å². The summed E-state index contributed by atoms with van der Waals surface area (Å²) in [6.45, 7) is 0. The maximum absolute atomic E-state index is 12.3. The highest BCUT2D eigenvalue weighted by Gasteiger charge is 2.34. The SMILES string of the molecule is FC(F)(F)C(Cl)=Nc1ccccc1-c1cccs1.